The fourth-order valence-electron chi connectivity index (χ4n) is 5.36. The smallest absolute Gasteiger partial charge is 0.213 e. The number of piperidine rings is 1. The van der Waals surface area contributed by atoms with Gasteiger partial charge in [-0.05, 0) is 55.8 Å². The molecule has 0 bridgehead atoms. The van der Waals surface area contributed by atoms with Gasteiger partial charge in [-0.3, -0.25) is 4.79 Å². The minimum atomic E-state index is -0.630. The van der Waals surface area contributed by atoms with Crippen molar-refractivity contribution in [1.29, 1.82) is 0 Å². The number of nitrogens with zero attached hydrogens (tertiary/aromatic N) is 2. The lowest BCUT2D eigenvalue weighted by Gasteiger charge is -2.33. The largest absolute Gasteiger partial charge is 0.475 e. The molecule has 2 aliphatic rings. The van der Waals surface area contributed by atoms with Crippen LogP contribution in [0.4, 0.5) is 0 Å². The molecule has 6 rings (SSSR count). The molecule has 3 heterocycles. The number of fused-ring (bicyclic) bond motifs is 3. The number of Topliss-reactive ketones (excluding diaryl/α,β-unsaturated/α-hetero) is 1. The summed E-state index contributed by atoms with van der Waals surface area (Å²) in [7, 11) is 0. The third kappa shape index (κ3) is 5.08. The van der Waals surface area contributed by atoms with E-state index in [1.54, 1.807) is 0 Å². The number of aliphatic hydroxyl groups is 1. The van der Waals surface area contributed by atoms with Crippen molar-refractivity contribution in [3.05, 3.63) is 95.6 Å². The number of rotatable bonds is 7. The normalized spacial score (nSPS) is 16.5. The Morgan fingerprint density at radius 1 is 0.973 bits per heavy atom. The maximum absolute atomic E-state index is 13.5. The van der Waals surface area contributed by atoms with E-state index in [9.17, 15) is 9.90 Å². The van der Waals surface area contributed by atoms with Crippen LogP contribution in [0.25, 0.3) is 10.9 Å². The zero-order chi connectivity index (χ0) is 25.2. The summed E-state index contributed by atoms with van der Waals surface area (Å²) in [6, 6.07) is 25.6. The Hall–Kier alpha value is -3.74. The van der Waals surface area contributed by atoms with Gasteiger partial charge in [0, 0.05) is 35.9 Å². The molecular weight excluding hydrogens is 464 g/mol. The van der Waals surface area contributed by atoms with Crippen molar-refractivity contribution in [2.45, 2.75) is 25.4 Å². The second-order valence-electron chi connectivity index (χ2n) is 9.93. The number of carbonyl (C=O) groups excluding carboxylic acids is 1. The predicted molar refractivity (Wildman–Crippen MR) is 143 cm³/mol. The zero-order valence-electron chi connectivity index (χ0n) is 20.7. The molecule has 2 aliphatic heterocycles. The molecule has 0 spiro atoms. The van der Waals surface area contributed by atoms with Gasteiger partial charge < -0.3 is 19.5 Å². The maximum Gasteiger partial charge on any atom is 0.213 e. The van der Waals surface area contributed by atoms with Gasteiger partial charge in [0.05, 0.1) is 11.1 Å². The number of carbonyl (C=O) groups is 1. The van der Waals surface area contributed by atoms with Gasteiger partial charge in [0.1, 0.15) is 24.2 Å². The number of β-amino-alcohol motifs (C(OH)–C–C–N with tert-alkyl or cyclic N) is 1. The number of para-hydroxylation sites is 3. The topological polar surface area (TPSA) is 71.9 Å². The first-order chi connectivity index (χ1) is 18.1. The Labute approximate surface area is 216 Å². The number of aliphatic hydroxyl groups excluding tert-OH is 1. The number of benzene rings is 3. The van der Waals surface area contributed by atoms with E-state index < -0.39 is 6.10 Å². The van der Waals surface area contributed by atoms with Crippen LogP contribution in [0.1, 0.15) is 34.3 Å². The molecule has 0 saturated carbocycles. The lowest BCUT2D eigenvalue weighted by atomic mass is 9.86. The molecule has 188 valence electrons. The highest BCUT2D eigenvalue weighted by atomic mass is 16.5. The maximum atomic E-state index is 13.5. The number of ketones is 1. The second kappa shape index (κ2) is 10.3. The van der Waals surface area contributed by atoms with Gasteiger partial charge in [-0.1, -0.05) is 48.5 Å². The van der Waals surface area contributed by atoms with Gasteiger partial charge in [-0.2, -0.15) is 0 Å². The van der Waals surface area contributed by atoms with Crippen LogP contribution in [0.2, 0.25) is 0 Å². The van der Waals surface area contributed by atoms with Crippen LogP contribution in [0.15, 0.2) is 78.9 Å². The summed E-state index contributed by atoms with van der Waals surface area (Å²) >= 11 is 0. The number of hydrogen-bond acceptors (Lipinski definition) is 6. The molecule has 0 aliphatic carbocycles. The standard InChI is InChI=1S/C31H30N2O4/c34-25(20-36-29-13-12-21-6-1-3-10-27(21)32-29)19-33-16-14-22(15-17-33)30(35)26-9-5-8-24-18-23-7-2-4-11-28(23)37-31(24)26/h1-13,22,25,34H,14-20H2. The number of aromatic nitrogens is 1. The molecule has 1 atom stereocenters. The van der Waals surface area contributed by atoms with Crippen LogP contribution in [-0.2, 0) is 6.42 Å². The van der Waals surface area contributed by atoms with Crippen LogP contribution < -0.4 is 9.47 Å². The van der Waals surface area contributed by atoms with Crippen molar-refractivity contribution in [3.63, 3.8) is 0 Å². The third-order valence-electron chi connectivity index (χ3n) is 7.35. The Balaban J connectivity index is 1.02. The Bertz CT molecular complexity index is 1430. The predicted octanol–water partition coefficient (Wildman–Crippen LogP) is 5.27. The van der Waals surface area contributed by atoms with Crippen molar-refractivity contribution in [3.8, 4) is 17.4 Å². The van der Waals surface area contributed by atoms with Crippen LogP contribution in [0.3, 0.4) is 0 Å². The number of pyridine rings is 1. The Kier molecular flexibility index (Phi) is 6.60. The SMILES string of the molecule is O=C(c1cccc2c1Oc1ccccc1C2)C1CCN(CC(O)COc2ccc3ccccc3n2)CC1. The summed E-state index contributed by atoms with van der Waals surface area (Å²) < 4.78 is 12.0. The molecule has 0 radical (unpaired) electrons. The Morgan fingerprint density at radius 3 is 2.65 bits per heavy atom. The molecule has 4 aromatic rings. The second-order valence-corrected chi connectivity index (χ2v) is 9.93. The Morgan fingerprint density at radius 2 is 1.76 bits per heavy atom. The number of likely N-dealkylation sites (tertiary alicyclic amines) is 1. The van der Waals surface area contributed by atoms with Crippen LogP contribution in [0.5, 0.6) is 17.4 Å². The molecule has 6 heteroatoms. The highest BCUT2D eigenvalue weighted by Gasteiger charge is 2.30. The minimum Gasteiger partial charge on any atom is -0.475 e. The minimum absolute atomic E-state index is 0.0429. The van der Waals surface area contributed by atoms with Gasteiger partial charge in [-0.15, -0.1) is 0 Å². The van der Waals surface area contributed by atoms with Gasteiger partial charge in [0.2, 0.25) is 5.88 Å². The van der Waals surface area contributed by atoms with E-state index in [2.05, 4.69) is 16.0 Å². The monoisotopic (exact) mass is 494 g/mol. The molecule has 1 unspecified atom stereocenters. The van der Waals surface area contributed by atoms with Crippen molar-refractivity contribution >= 4 is 16.7 Å². The van der Waals surface area contributed by atoms with Crippen molar-refractivity contribution < 1.29 is 19.4 Å². The van der Waals surface area contributed by atoms with Crippen molar-refractivity contribution in [2.24, 2.45) is 5.92 Å². The number of ether oxygens (including phenoxy) is 2. The average molecular weight is 495 g/mol. The molecule has 6 nitrogen and oxygen atoms in total. The zero-order valence-corrected chi connectivity index (χ0v) is 20.7. The lowest BCUT2D eigenvalue weighted by Crippen LogP contribution is -2.42. The number of hydrogen-bond donors (Lipinski definition) is 1. The summed E-state index contributed by atoms with van der Waals surface area (Å²) in [6.45, 7) is 2.22. The van der Waals surface area contributed by atoms with E-state index in [1.807, 2.05) is 72.8 Å². The molecule has 1 fully saturated rings. The van der Waals surface area contributed by atoms with E-state index in [4.69, 9.17) is 9.47 Å². The summed E-state index contributed by atoms with van der Waals surface area (Å²) in [4.78, 5) is 20.2. The van der Waals surface area contributed by atoms with Crippen LogP contribution >= 0.6 is 0 Å². The molecule has 3 aromatic carbocycles. The first kappa shape index (κ1) is 23.6. The molecule has 1 aromatic heterocycles. The van der Waals surface area contributed by atoms with Crippen molar-refractivity contribution in [1.82, 2.24) is 9.88 Å². The van der Waals surface area contributed by atoms with Gasteiger partial charge >= 0.3 is 0 Å². The van der Waals surface area contributed by atoms with E-state index in [1.165, 1.54) is 0 Å². The first-order valence-corrected chi connectivity index (χ1v) is 12.9. The summed E-state index contributed by atoms with van der Waals surface area (Å²) in [6.07, 6.45) is 1.67. The van der Waals surface area contributed by atoms with E-state index in [0.29, 0.717) is 23.7 Å². The van der Waals surface area contributed by atoms with Gasteiger partial charge in [0.25, 0.3) is 0 Å². The fraction of sp³-hybridized carbons (Fsp3) is 0.290. The molecule has 0 amide bonds. The van der Waals surface area contributed by atoms with E-state index in [-0.39, 0.29) is 18.3 Å². The molecular formula is C31H30N2O4. The van der Waals surface area contributed by atoms with Gasteiger partial charge in [-0.25, -0.2) is 4.98 Å². The van der Waals surface area contributed by atoms with Crippen LogP contribution in [-0.4, -0.2) is 53.1 Å². The van der Waals surface area contributed by atoms with E-state index >= 15 is 0 Å². The molecule has 1 saturated heterocycles. The van der Waals surface area contributed by atoms with E-state index in [0.717, 1.165) is 60.1 Å². The summed E-state index contributed by atoms with van der Waals surface area (Å²) in [5.74, 6) is 2.17. The summed E-state index contributed by atoms with van der Waals surface area (Å²) in [5, 5.41) is 11.6. The summed E-state index contributed by atoms with van der Waals surface area (Å²) in [5.41, 5.74) is 3.76. The fourth-order valence-corrected chi connectivity index (χ4v) is 5.36. The molecule has 1 N–H and O–H groups in total. The average Bonchev–Trinajstić information content (AvgIpc) is 2.94. The quantitative estimate of drug-likeness (QED) is 0.311. The van der Waals surface area contributed by atoms with Gasteiger partial charge in [0.15, 0.2) is 5.78 Å². The molecule has 37 heavy (non-hydrogen) atoms. The van der Waals surface area contributed by atoms with Crippen LogP contribution in [0, 0.1) is 5.92 Å². The highest BCUT2D eigenvalue weighted by Crippen LogP contribution is 2.40. The lowest BCUT2D eigenvalue weighted by molar-refractivity contribution is 0.0513. The first-order valence-electron chi connectivity index (χ1n) is 12.9. The van der Waals surface area contributed by atoms with Crippen molar-refractivity contribution in [2.75, 3.05) is 26.2 Å². The highest BCUT2D eigenvalue weighted by molar-refractivity contribution is 6.01. The third-order valence-corrected chi connectivity index (χ3v) is 7.35.